The first kappa shape index (κ1) is 14.6. The van der Waals surface area contributed by atoms with E-state index in [1.165, 1.54) is 0 Å². The summed E-state index contributed by atoms with van der Waals surface area (Å²) in [5, 5.41) is 12.5. The zero-order chi connectivity index (χ0) is 14.6. The lowest BCUT2D eigenvalue weighted by atomic mass is 9.79. The van der Waals surface area contributed by atoms with Crippen molar-refractivity contribution in [3.63, 3.8) is 0 Å². The maximum absolute atomic E-state index is 12.6. The fourth-order valence-corrected chi connectivity index (χ4v) is 2.78. The van der Waals surface area contributed by atoms with E-state index >= 15 is 0 Å². The lowest BCUT2D eigenvalue weighted by molar-refractivity contribution is -0.127. The van der Waals surface area contributed by atoms with Crippen LogP contribution >= 0.6 is 0 Å². The smallest absolute Gasteiger partial charge is 0.231 e. The Balaban J connectivity index is 2.17. The van der Waals surface area contributed by atoms with Crippen LogP contribution in [0.25, 0.3) is 0 Å². The molecule has 1 aliphatic rings. The molecule has 3 nitrogen and oxygen atoms in total. The van der Waals surface area contributed by atoms with Gasteiger partial charge in [-0.2, -0.15) is 5.26 Å². The van der Waals surface area contributed by atoms with E-state index in [9.17, 15) is 10.1 Å². The first-order valence-electron chi connectivity index (χ1n) is 7.30. The molecule has 0 aliphatic heterocycles. The third-order valence-electron chi connectivity index (χ3n) is 4.34. The molecule has 0 saturated heterocycles. The van der Waals surface area contributed by atoms with E-state index in [1.54, 1.807) is 0 Å². The number of nitriles is 1. The Morgan fingerprint density at radius 3 is 2.35 bits per heavy atom. The van der Waals surface area contributed by atoms with Gasteiger partial charge in [0.2, 0.25) is 5.91 Å². The molecule has 106 valence electrons. The molecule has 0 unspecified atom stereocenters. The highest BCUT2D eigenvalue weighted by Crippen LogP contribution is 2.30. The van der Waals surface area contributed by atoms with Gasteiger partial charge in [-0.3, -0.25) is 4.79 Å². The molecule has 20 heavy (non-hydrogen) atoms. The summed E-state index contributed by atoms with van der Waals surface area (Å²) in [6.07, 6.45) is 4.71. The van der Waals surface area contributed by atoms with Crippen molar-refractivity contribution in [1.29, 1.82) is 5.26 Å². The molecular formula is C17H22N2O. The zero-order valence-electron chi connectivity index (χ0n) is 12.3. The van der Waals surface area contributed by atoms with Crippen LogP contribution in [-0.4, -0.2) is 11.4 Å². The highest BCUT2D eigenvalue weighted by Gasteiger charge is 2.38. The Kier molecular flexibility index (Phi) is 4.13. The van der Waals surface area contributed by atoms with E-state index in [0.29, 0.717) is 0 Å². The van der Waals surface area contributed by atoms with Crippen LogP contribution in [0, 0.1) is 11.3 Å². The van der Waals surface area contributed by atoms with Crippen molar-refractivity contribution >= 4 is 5.91 Å². The van der Waals surface area contributed by atoms with Gasteiger partial charge in [0.1, 0.15) is 5.54 Å². The van der Waals surface area contributed by atoms with Crippen LogP contribution in [0.1, 0.15) is 51.5 Å². The largest absolute Gasteiger partial charge is 0.337 e. The second-order valence-corrected chi connectivity index (χ2v) is 6.20. The minimum Gasteiger partial charge on any atom is -0.337 e. The molecule has 1 saturated carbocycles. The molecule has 0 bridgehead atoms. The molecule has 2 rings (SSSR count). The number of carbonyl (C=O) groups is 1. The fourth-order valence-electron chi connectivity index (χ4n) is 2.78. The maximum atomic E-state index is 12.6. The predicted molar refractivity (Wildman–Crippen MR) is 79.0 cm³/mol. The van der Waals surface area contributed by atoms with Crippen LogP contribution in [0.4, 0.5) is 0 Å². The SMILES string of the molecule is CC(C)(C(=O)NC1(C#N)CCCCC1)c1ccccc1. The molecule has 0 heterocycles. The topological polar surface area (TPSA) is 52.9 Å². The van der Waals surface area contributed by atoms with Crippen molar-refractivity contribution in [2.75, 3.05) is 0 Å². The van der Waals surface area contributed by atoms with Crippen molar-refractivity contribution in [1.82, 2.24) is 5.32 Å². The summed E-state index contributed by atoms with van der Waals surface area (Å²) in [5.41, 5.74) is -0.314. The van der Waals surface area contributed by atoms with E-state index < -0.39 is 11.0 Å². The van der Waals surface area contributed by atoms with E-state index in [0.717, 1.165) is 37.7 Å². The third kappa shape index (κ3) is 2.85. The van der Waals surface area contributed by atoms with Gasteiger partial charge >= 0.3 is 0 Å². The average molecular weight is 270 g/mol. The molecule has 0 radical (unpaired) electrons. The molecule has 1 N–H and O–H groups in total. The van der Waals surface area contributed by atoms with Crippen LogP contribution in [-0.2, 0) is 10.2 Å². The van der Waals surface area contributed by atoms with Gasteiger partial charge in [-0.15, -0.1) is 0 Å². The number of benzene rings is 1. The molecule has 0 aromatic heterocycles. The molecule has 1 aromatic rings. The highest BCUT2D eigenvalue weighted by molar-refractivity contribution is 5.88. The summed E-state index contributed by atoms with van der Waals surface area (Å²) < 4.78 is 0. The van der Waals surface area contributed by atoms with E-state index in [2.05, 4.69) is 11.4 Å². The standard InChI is InChI=1S/C17H22N2O/c1-16(2,14-9-5-3-6-10-14)15(20)19-17(13-18)11-7-4-8-12-17/h3,5-6,9-10H,4,7-8,11-12H2,1-2H3,(H,19,20). The molecule has 3 heteroatoms. The summed E-state index contributed by atoms with van der Waals surface area (Å²) in [6, 6.07) is 12.1. The van der Waals surface area contributed by atoms with E-state index in [1.807, 2.05) is 44.2 Å². The van der Waals surface area contributed by atoms with Crippen LogP contribution in [0.2, 0.25) is 0 Å². The molecule has 1 amide bonds. The lowest BCUT2D eigenvalue weighted by Gasteiger charge is -2.35. The Bertz CT molecular complexity index is 508. The number of nitrogens with zero attached hydrogens (tertiary/aromatic N) is 1. The normalized spacial score (nSPS) is 18.1. The van der Waals surface area contributed by atoms with Crippen molar-refractivity contribution in [3.8, 4) is 6.07 Å². The number of carbonyl (C=O) groups excluding carboxylic acids is 1. The summed E-state index contributed by atoms with van der Waals surface area (Å²) in [4.78, 5) is 12.6. The molecule has 1 aromatic carbocycles. The van der Waals surface area contributed by atoms with Crippen molar-refractivity contribution in [3.05, 3.63) is 35.9 Å². The molecule has 1 fully saturated rings. The predicted octanol–water partition coefficient (Wildman–Crippen LogP) is 3.31. The zero-order valence-corrected chi connectivity index (χ0v) is 12.3. The molecule has 1 aliphatic carbocycles. The molecule has 0 atom stereocenters. The number of amides is 1. The van der Waals surface area contributed by atoms with E-state index in [4.69, 9.17) is 0 Å². The quantitative estimate of drug-likeness (QED) is 0.916. The molecular weight excluding hydrogens is 248 g/mol. The minimum atomic E-state index is -0.665. The van der Waals surface area contributed by atoms with Crippen LogP contribution in [0.15, 0.2) is 30.3 Å². The van der Waals surface area contributed by atoms with Gasteiger partial charge in [0.15, 0.2) is 0 Å². The van der Waals surface area contributed by atoms with Gasteiger partial charge in [0.05, 0.1) is 11.5 Å². The number of hydrogen-bond donors (Lipinski definition) is 1. The van der Waals surface area contributed by atoms with Crippen molar-refractivity contribution < 1.29 is 4.79 Å². The number of rotatable bonds is 3. The second kappa shape index (κ2) is 5.66. The van der Waals surface area contributed by atoms with Crippen molar-refractivity contribution in [2.24, 2.45) is 0 Å². The van der Waals surface area contributed by atoms with Gasteiger partial charge < -0.3 is 5.32 Å². The summed E-state index contributed by atoms with van der Waals surface area (Å²) in [5.74, 6) is -0.0628. The van der Waals surface area contributed by atoms with Gasteiger partial charge in [0.25, 0.3) is 0 Å². The third-order valence-corrected chi connectivity index (χ3v) is 4.34. The van der Waals surface area contributed by atoms with Crippen molar-refractivity contribution in [2.45, 2.75) is 56.9 Å². The summed E-state index contributed by atoms with van der Waals surface area (Å²) in [6.45, 7) is 3.82. The number of hydrogen-bond acceptors (Lipinski definition) is 2. The van der Waals surface area contributed by atoms with Gasteiger partial charge in [-0.25, -0.2) is 0 Å². The average Bonchev–Trinajstić information content (AvgIpc) is 2.49. The summed E-state index contributed by atoms with van der Waals surface area (Å²) >= 11 is 0. The second-order valence-electron chi connectivity index (χ2n) is 6.20. The Morgan fingerprint density at radius 1 is 1.20 bits per heavy atom. The Morgan fingerprint density at radius 2 is 1.80 bits per heavy atom. The summed E-state index contributed by atoms with van der Waals surface area (Å²) in [7, 11) is 0. The Labute approximate surface area is 121 Å². The van der Waals surface area contributed by atoms with Crippen LogP contribution in [0.5, 0.6) is 0 Å². The number of nitrogens with one attached hydrogen (secondary N) is 1. The van der Waals surface area contributed by atoms with Crippen LogP contribution < -0.4 is 5.32 Å². The minimum absolute atomic E-state index is 0.0628. The van der Waals surface area contributed by atoms with E-state index in [-0.39, 0.29) is 5.91 Å². The Hall–Kier alpha value is -1.82. The first-order valence-corrected chi connectivity index (χ1v) is 7.30. The highest BCUT2D eigenvalue weighted by atomic mass is 16.2. The fraction of sp³-hybridized carbons (Fsp3) is 0.529. The monoisotopic (exact) mass is 270 g/mol. The molecule has 0 spiro atoms. The van der Waals surface area contributed by atoms with Crippen LogP contribution in [0.3, 0.4) is 0 Å². The lowest BCUT2D eigenvalue weighted by Crippen LogP contribution is -2.53. The first-order chi connectivity index (χ1) is 9.50. The van der Waals surface area contributed by atoms with Gasteiger partial charge in [-0.05, 0) is 32.3 Å². The van der Waals surface area contributed by atoms with Gasteiger partial charge in [-0.1, -0.05) is 49.6 Å². The van der Waals surface area contributed by atoms with Gasteiger partial charge in [0, 0.05) is 0 Å². The maximum Gasteiger partial charge on any atom is 0.231 e.